The third-order valence-electron chi connectivity index (χ3n) is 3.82. The zero-order valence-electron chi connectivity index (χ0n) is 13.3. The van der Waals surface area contributed by atoms with Crippen molar-refractivity contribution in [1.82, 2.24) is 10.2 Å². The molecule has 2 amide bonds. The number of nitrogens with zero attached hydrogens (tertiary/aromatic N) is 2. The lowest BCUT2D eigenvalue weighted by Crippen LogP contribution is -2.42. The average molecular weight is 314 g/mol. The maximum atomic E-state index is 12.0. The number of amides is 2. The van der Waals surface area contributed by atoms with Gasteiger partial charge in [-0.3, -0.25) is 14.5 Å². The second kappa shape index (κ2) is 8.30. The van der Waals surface area contributed by atoms with Gasteiger partial charge >= 0.3 is 0 Å². The molecule has 0 spiro atoms. The summed E-state index contributed by atoms with van der Waals surface area (Å²) < 4.78 is 0. The summed E-state index contributed by atoms with van der Waals surface area (Å²) in [5.41, 5.74) is 1.71. The van der Waals surface area contributed by atoms with Crippen molar-refractivity contribution in [2.75, 3.05) is 25.0 Å². The van der Waals surface area contributed by atoms with E-state index in [-0.39, 0.29) is 17.7 Å². The Kier molecular flexibility index (Phi) is 6.12. The topological polar surface area (TPSA) is 85.2 Å². The molecule has 1 aliphatic rings. The van der Waals surface area contributed by atoms with Crippen LogP contribution in [0.3, 0.4) is 0 Å². The van der Waals surface area contributed by atoms with Gasteiger partial charge in [-0.05, 0) is 37.1 Å². The van der Waals surface area contributed by atoms with E-state index < -0.39 is 0 Å². The lowest BCUT2D eigenvalue weighted by molar-refractivity contribution is -0.122. The van der Waals surface area contributed by atoms with E-state index in [1.807, 2.05) is 29.2 Å². The molecule has 122 valence electrons. The third-order valence-corrected chi connectivity index (χ3v) is 3.82. The normalized spacial score (nSPS) is 18.0. The predicted molar refractivity (Wildman–Crippen MR) is 87.4 cm³/mol. The second-order valence-electron chi connectivity index (χ2n) is 5.86. The molecule has 6 nitrogen and oxygen atoms in total. The van der Waals surface area contributed by atoms with Crippen LogP contribution in [0, 0.1) is 17.2 Å². The first-order valence-corrected chi connectivity index (χ1v) is 7.82. The van der Waals surface area contributed by atoms with Gasteiger partial charge in [0.05, 0.1) is 18.5 Å². The number of hydrogen-bond acceptors (Lipinski definition) is 4. The zero-order valence-corrected chi connectivity index (χ0v) is 13.3. The van der Waals surface area contributed by atoms with Gasteiger partial charge in [-0.15, -0.1) is 0 Å². The van der Waals surface area contributed by atoms with Crippen LogP contribution < -0.4 is 10.6 Å². The van der Waals surface area contributed by atoms with E-state index in [0.29, 0.717) is 19.6 Å². The molecule has 1 heterocycles. The molecule has 6 heteroatoms. The molecular formula is C17H22N4O2. The number of likely N-dealkylation sites (tertiary alicyclic amines) is 1. The van der Waals surface area contributed by atoms with Crippen LogP contribution in [0.25, 0.3) is 0 Å². The highest BCUT2D eigenvalue weighted by Crippen LogP contribution is 2.15. The first kappa shape index (κ1) is 17.0. The molecule has 23 heavy (non-hydrogen) atoms. The molecule has 1 saturated heterocycles. The van der Waals surface area contributed by atoms with Crippen LogP contribution in [0.15, 0.2) is 24.3 Å². The highest BCUT2D eigenvalue weighted by Gasteiger charge is 2.20. The minimum absolute atomic E-state index is 0.0328. The standard InChI is InChI=1S/C17H22N4O2/c1-13(22)20-16-6-4-14(5-7-16)10-19-17(23)12-21-8-2-3-15(9-18)11-21/h4-7,15H,2-3,8,10-12H2,1H3,(H,19,23)(H,20,22). The molecule has 0 aromatic heterocycles. The van der Waals surface area contributed by atoms with Crippen molar-refractivity contribution in [2.24, 2.45) is 5.92 Å². The summed E-state index contributed by atoms with van der Waals surface area (Å²) in [6.45, 7) is 3.80. The Morgan fingerprint density at radius 2 is 2.09 bits per heavy atom. The second-order valence-corrected chi connectivity index (χ2v) is 5.86. The molecule has 0 bridgehead atoms. The Morgan fingerprint density at radius 3 is 2.74 bits per heavy atom. The first-order chi connectivity index (χ1) is 11.1. The van der Waals surface area contributed by atoms with Crippen LogP contribution in [0.1, 0.15) is 25.3 Å². The summed E-state index contributed by atoms with van der Waals surface area (Å²) in [5, 5.41) is 14.6. The molecule has 2 N–H and O–H groups in total. The Morgan fingerprint density at radius 1 is 1.35 bits per heavy atom. The van der Waals surface area contributed by atoms with Crippen molar-refractivity contribution in [2.45, 2.75) is 26.3 Å². The van der Waals surface area contributed by atoms with Crippen molar-refractivity contribution in [3.05, 3.63) is 29.8 Å². The number of nitrogens with one attached hydrogen (secondary N) is 2. The number of anilines is 1. The van der Waals surface area contributed by atoms with E-state index in [4.69, 9.17) is 5.26 Å². The monoisotopic (exact) mass is 314 g/mol. The Balaban J connectivity index is 1.75. The maximum Gasteiger partial charge on any atom is 0.234 e. The lowest BCUT2D eigenvalue weighted by atomic mass is 10.00. The number of nitriles is 1. The minimum atomic E-state index is -0.108. The molecule has 1 fully saturated rings. The van der Waals surface area contributed by atoms with E-state index in [1.54, 1.807) is 0 Å². The predicted octanol–water partition coefficient (Wildman–Crippen LogP) is 1.50. The SMILES string of the molecule is CC(=O)Nc1ccc(CNC(=O)CN2CCCC(C#N)C2)cc1. The summed E-state index contributed by atoms with van der Waals surface area (Å²) in [7, 11) is 0. The van der Waals surface area contributed by atoms with Gasteiger partial charge in [-0.1, -0.05) is 12.1 Å². The molecule has 1 unspecified atom stereocenters. The van der Waals surface area contributed by atoms with Crippen molar-refractivity contribution >= 4 is 17.5 Å². The van der Waals surface area contributed by atoms with Gasteiger partial charge in [0.2, 0.25) is 11.8 Å². The fourth-order valence-electron chi connectivity index (χ4n) is 2.67. The zero-order chi connectivity index (χ0) is 16.7. The van der Waals surface area contributed by atoms with Crippen molar-refractivity contribution in [3.63, 3.8) is 0 Å². The summed E-state index contributed by atoms with van der Waals surface area (Å²) in [5.74, 6) is -0.101. The van der Waals surface area contributed by atoms with Gasteiger partial charge < -0.3 is 10.6 Å². The van der Waals surface area contributed by atoms with Gasteiger partial charge in [0.25, 0.3) is 0 Å². The first-order valence-electron chi connectivity index (χ1n) is 7.82. The Labute approximate surface area is 136 Å². The van der Waals surface area contributed by atoms with E-state index in [1.165, 1.54) is 6.92 Å². The summed E-state index contributed by atoms with van der Waals surface area (Å²) in [6, 6.07) is 9.65. The van der Waals surface area contributed by atoms with Gasteiger partial charge in [0.15, 0.2) is 0 Å². The molecule has 1 aromatic carbocycles. The number of benzene rings is 1. The van der Waals surface area contributed by atoms with Crippen LogP contribution >= 0.6 is 0 Å². The van der Waals surface area contributed by atoms with Gasteiger partial charge in [0.1, 0.15) is 0 Å². The molecule has 0 saturated carbocycles. The van der Waals surface area contributed by atoms with Crippen molar-refractivity contribution in [1.29, 1.82) is 5.26 Å². The van der Waals surface area contributed by atoms with Crippen molar-refractivity contribution < 1.29 is 9.59 Å². The quantitative estimate of drug-likeness (QED) is 0.862. The Hall–Kier alpha value is -2.39. The fraction of sp³-hybridized carbons (Fsp3) is 0.471. The van der Waals surface area contributed by atoms with Crippen LogP contribution in [-0.4, -0.2) is 36.3 Å². The van der Waals surface area contributed by atoms with Gasteiger partial charge in [0, 0.05) is 25.7 Å². The molecule has 0 radical (unpaired) electrons. The van der Waals surface area contributed by atoms with E-state index in [0.717, 1.165) is 30.6 Å². The van der Waals surface area contributed by atoms with E-state index in [2.05, 4.69) is 16.7 Å². The number of carbonyl (C=O) groups excluding carboxylic acids is 2. The van der Waals surface area contributed by atoms with Gasteiger partial charge in [-0.25, -0.2) is 0 Å². The number of carbonyl (C=O) groups is 2. The smallest absolute Gasteiger partial charge is 0.234 e. The average Bonchev–Trinajstić information content (AvgIpc) is 2.54. The highest BCUT2D eigenvalue weighted by atomic mass is 16.2. The van der Waals surface area contributed by atoms with E-state index in [9.17, 15) is 9.59 Å². The molecular weight excluding hydrogens is 292 g/mol. The molecule has 2 rings (SSSR count). The van der Waals surface area contributed by atoms with E-state index >= 15 is 0 Å². The van der Waals surface area contributed by atoms with Crippen molar-refractivity contribution in [3.8, 4) is 6.07 Å². The molecule has 0 aliphatic carbocycles. The van der Waals surface area contributed by atoms with Crippen LogP contribution in [0.5, 0.6) is 0 Å². The lowest BCUT2D eigenvalue weighted by Gasteiger charge is -2.28. The summed E-state index contributed by atoms with van der Waals surface area (Å²) in [6.07, 6.45) is 1.89. The molecule has 1 aliphatic heterocycles. The number of hydrogen-bond donors (Lipinski definition) is 2. The fourth-order valence-corrected chi connectivity index (χ4v) is 2.67. The third kappa shape index (κ3) is 5.72. The maximum absolute atomic E-state index is 12.0. The summed E-state index contributed by atoms with van der Waals surface area (Å²) in [4.78, 5) is 25.0. The van der Waals surface area contributed by atoms with Gasteiger partial charge in [-0.2, -0.15) is 5.26 Å². The number of rotatable bonds is 5. The summed E-state index contributed by atoms with van der Waals surface area (Å²) >= 11 is 0. The highest BCUT2D eigenvalue weighted by molar-refractivity contribution is 5.88. The Bertz CT molecular complexity index is 592. The molecule has 1 aromatic rings. The largest absolute Gasteiger partial charge is 0.351 e. The van der Waals surface area contributed by atoms with Crippen LogP contribution in [0.2, 0.25) is 0 Å². The number of piperidine rings is 1. The minimum Gasteiger partial charge on any atom is -0.351 e. The van der Waals surface area contributed by atoms with Crippen LogP contribution in [-0.2, 0) is 16.1 Å². The molecule has 1 atom stereocenters. The van der Waals surface area contributed by atoms with Crippen LogP contribution in [0.4, 0.5) is 5.69 Å².